The number of hydrogen-bond donors (Lipinski definition) is 0. The predicted molar refractivity (Wildman–Crippen MR) is 63.1 cm³/mol. The van der Waals surface area contributed by atoms with Crippen LogP contribution in [0.1, 0.15) is 10.4 Å². The first kappa shape index (κ1) is 13.1. The molecule has 2 rings (SSSR count). The summed E-state index contributed by atoms with van der Waals surface area (Å²) in [6, 6.07) is 6.25. The standard InChI is InChI=1S/C14H9F3O2/c1-19-14(18)9-4-8(5-11(16)6-9)12-3-2-10(15)7-13(12)17/h2-7H,1H3. The van der Waals surface area contributed by atoms with Gasteiger partial charge in [0.15, 0.2) is 0 Å². The fourth-order valence-corrected chi connectivity index (χ4v) is 1.70. The van der Waals surface area contributed by atoms with Gasteiger partial charge in [-0.1, -0.05) is 0 Å². The average Bonchev–Trinajstić information content (AvgIpc) is 2.37. The molecule has 19 heavy (non-hydrogen) atoms. The second-order valence-electron chi connectivity index (χ2n) is 3.84. The SMILES string of the molecule is COC(=O)c1cc(F)cc(-c2ccc(F)cc2F)c1. The van der Waals surface area contributed by atoms with Gasteiger partial charge in [-0.15, -0.1) is 0 Å². The van der Waals surface area contributed by atoms with Gasteiger partial charge >= 0.3 is 5.97 Å². The van der Waals surface area contributed by atoms with Gasteiger partial charge in [0.1, 0.15) is 17.5 Å². The number of esters is 1. The zero-order valence-corrected chi connectivity index (χ0v) is 9.91. The molecule has 0 saturated carbocycles. The minimum atomic E-state index is -0.832. The number of methoxy groups -OCH3 is 1. The second kappa shape index (κ2) is 5.14. The van der Waals surface area contributed by atoms with Crippen molar-refractivity contribution in [1.29, 1.82) is 0 Å². The van der Waals surface area contributed by atoms with E-state index in [9.17, 15) is 18.0 Å². The first-order chi connectivity index (χ1) is 9.01. The van der Waals surface area contributed by atoms with E-state index in [2.05, 4.69) is 4.74 Å². The van der Waals surface area contributed by atoms with Gasteiger partial charge in [0.05, 0.1) is 12.7 Å². The normalized spacial score (nSPS) is 10.3. The van der Waals surface area contributed by atoms with Crippen LogP contribution in [0.15, 0.2) is 36.4 Å². The number of carbonyl (C=O) groups excluding carboxylic acids is 1. The Morgan fingerprint density at radius 1 is 1.00 bits per heavy atom. The average molecular weight is 266 g/mol. The molecule has 2 aromatic rings. The molecule has 0 aliphatic carbocycles. The van der Waals surface area contributed by atoms with Gasteiger partial charge in [-0.05, 0) is 35.9 Å². The molecule has 0 heterocycles. The molecular weight excluding hydrogens is 257 g/mol. The molecule has 98 valence electrons. The van der Waals surface area contributed by atoms with Crippen LogP contribution in [0.3, 0.4) is 0 Å². The third-order valence-electron chi connectivity index (χ3n) is 2.56. The summed E-state index contributed by atoms with van der Waals surface area (Å²) >= 11 is 0. The molecule has 0 aromatic heterocycles. The topological polar surface area (TPSA) is 26.3 Å². The number of ether oxygens (including phenoxy) is 1. The predicted octanol–water partition coefficient (Wildman–Crippen LogP) is 3.56. The van der Waals surface area contributed by atoms with Crippen LogP contribution in [0, 0.1) is 17.5 Å². The molecule has 0 saturated heterocycles. The van der Waals surface area contributed by atoms with E-state index in [0.29, 0.717) is 6.07 Å². The Bertz CT molecular complexity index is 639. The maximum Gasteiger partial charge on any atom is 0.337 e. The minimum absolute atomic E-state index is 0.00560. The summed E-state index contributed by atoms with van der Waals surface area (Å²) in [6.45, 7) is 0. The van der Waals surface area contributed by atoms with E-state index in [-0.39, 0.29) is 16.7 Å². The summed E-state index contributed by atoms with van der Waals surface area (Å²) in [6.07, 6.45) is 0. The summed E-state index contributed by atoms with van der Waals surface area (Å²) in [4.78, 5) is 11.3. The van der Waals surface area contributed by atoms with Crippen molar-refractivity contribution in [2.24, 2.45) is 0 Å². The van der Waals surface area contributed by atoms with E-state index < -0.39 is 23.4 Å². The van der Waals surface area contributed by atoms with Gasteiger partial charge in [0.25, 0.3) is 0 Å². The maximum absolute atomic E-state index is 13.6. The monoisotopic (exact) mass is 266 g/mol. The van der Waals surface area contributed by atoms with Gasteiger partial charge in [-0.25, -0.2) is 18.0 Å². The van der Waals surface area contributed by atoms with Crippen molar-refractivity contribution in [2.45, 2.75) is 0 Å². The Morgan fingerprint density at radius 3 is 2.37 bits per heavy atom. The van der Waals surface area contributed by atoms with Crippen LogP contribution in [0.25, 0.3) is 11.1 Å². The highest BCUT2D eigenvalue weighted by Crippen LogP contribution is 2.25. The molecule has 0 amide bonds. The molecule has 0 fully saturated rings. The Hall–Kier alpha value is -2.30. The Labute approximate surface area is 107 Å². The van der Waals surface area contributed by atoms with Crippen molar-refractivity contribution in [3.05, 3.63) is 59.4 Å². The fraction of sp³-hybridized carbons (Fsp3) is 0.0714. The summed E-state index contributed by atoms with van der Waals surface area (Å²) in [5, 5.41) is 0. The first-order valence-electron chi connectivity index (χ1n) is 5.35. The van der Waals surface area contributed by atoms with Crippen LogP contribution in [-0.4, -0.2) is 13.1 Å². The van der Waals surface area contributed by atoms with Crippen molar-refractivity contribution in [2.75, 3.05) is 7.11 Å². The molecule has 0 N–H and O–H groups in total. The highest BCUT2D eigenvalue weighted by atomic mass is 19.1. The quantitative estimate of drug-likeness (QED) is 0.777. The Morgan fingerprint density at radius 2 is 1.74 bits per heavy atom. The molecule has 5 heteroatoms. The first-order valence-corrected chi connectivity index (χ1v) is 5.35. The molecule has 0 unspecified atom stereocenters. The number of hydrogen-bond acceptors (Lipinski definition) is 2. The third-order valence-corrected chi connectivity index (χ3v) is 2.56. The Balaban J connectivity index is 2.56. The molecule has 0 aliphatic heterocycles. The highest BCUT2D eigenvalue weighted by Gasteiger charge is 2.12. The molecule has 0 aliphatic rings. The van der Waals surface area contributed by atoms with Gasteiger partial charge in [-0.3, -0.25) is 0 Å². The molecule has 0 bridgehead atoms. The lowest BCUT2D eigenvalue weighted by Gasteiger charge is -2.06. The van der Waals surface area contributed by atoms with Crippen LogP contribution in [0.5, 0.6) is 0 Å². The summed E-state index contributed by atoms with van der Waals surface area (Å²) in [5.74, 6) is -3.00. The fourth-order valence-electron chi connectivity index (χ4n) is 1.70. The van der Waals surface area contributed by atoms with Gasteiger partial charge in [-0.2, -0.15) is 0 Å². The molecule has 2 aromatic carbocycles. The van der Waals surface area contributed by atoms with E-state index in [1.807, 2.05) is 0 Å². The lowest BCUT2D eigenvalue weighted by molar-refractivity contribution is 0.0600. The summed E-state index contributed by atoms with van der Waals surface area (Å²) in [5.41, 5.74) is 0.102. The van der Waals surface area contributed by atoms with Gasteiger partial charge in [0, 0.05) is 11.6 Å². The smallest absolute Gasteiger partial charge is 0.337 e. The van der Waals surface area contributed by atoms with Crippen LogP contribution >= 0.6 is 0 Å². The molecular formula is C14H9F3O2. The minimum Gasteiger partial charge on any atom is -0.465 e. The van der Waals surface area contributed by atoms with Gasteiger partial charge < -0.3 is 4.74 Å². The second-order valence-corrected chi connectivity index (χ2v) is 3.84. The zero-order valence-electron chi connectivity index (χ0n) is 9.91. The highest BCUT2D eigenvalue weighted by molar-refractivity contribution is 5.91. The molecule has 0 radical (unpaired) electrons. The number of halogens is 3. The lowest BCUT2D eigenvalue weighted by Crippen LogP contribution is -2.02. The lowest BCUT2D eigenvalue weighted by atomic mass is 10.0. The molecule has 0 atom stereocenters. The van der Waals surface area contributed by atoms with Crippen LogP contribution < -0.4 is 0 Å². The van der Waals surface area contributed by atoms with Crippen molar-refractivity contribution in [1.82, 2.24) is 0 Å². The molecule has 0 spiro atoms. The Kier molecular flexibility index (Phi) is 3.55. The van der Waals surface area contributed by atoms with Gasteiger partial charge in [0.2, 0.25) is 0 Å². The van der Waals surface area contributed by atoms with E-state index in [1.54, 1.807) is 0 Å². The van der Waals surface area contributed by atoms with Crippen molar-refractivity contribution >= 4 is 5.97 Å². The van der Waals surface area contributed by atoms with Crippen molar-refractivity contribution in [3.63, 3.8) is 0 Å². The zero-order chi connectivity index (χ0) is 14.0. The van der Waals surface area contributed by atoms with E-state index in [4.69, 9.17) is 0 Å². The van der Waals surface area contributed by atoms with Crippen LogP contribution in [-0.2, 0) is 4.74 Å². The third kappa shape index (κ3) is 2.76. The van der Waals surface area contributed by atoms with E-state index in [0.717, 1.165) is 25.3 Å². The van der Waals surface area contributed by atoms with Crippen molar-refractivity contribution in [3.8, 4) is 11.1 Å². The van der Waals surface area contributed by atoms with Crippen LogP contribution in [0.4, 0.5) is 13.2 Å². The summed E-state index contributed by atoms with van der Waals surface area (Å²) < 4.78 is 44.3. The van der Waals surface area contributed by atoms with E-state index >= 15 is 0 Å². The maximum atomic E-state index is 13.6. The van der Waals surface area contributed by atoms with E-state index in [1.165, 1.54) is 12.1 Å². The number of rotatable bonds is 2. The number of benzene rings is 2. The van der Waals surface area contributed by atoms with Crippen LogP contribution in [0.2, 0.25) is 0 Å². The number of carbonyl (C=O) groups is 1. The summed E-state index contributed by atoms with van der Waals surface area (Å²) in [7, 11) is 1.16. The van der Waals surface area contributed by atoms with Crippen molar-refractivity contribution < 1.29 is 22.7 Å². The molecule has 2 nitrogen and oxygen atoms in total. The largest absolute Gasteiger partial charge is 0.465 e.